The maximum Gasteiger partial charge on any atom is 0.321 e. The monoisotopic (exact) mass is 380 g/mol. The first-order chi connectivity index (χ1) is 13.0. The molecule has 1 aliphatic carbocycles. The van der Waals surface area contributed by atoms with E-state index in [4.69, 9.17) is 4.74 Å². The molecule has 1 saturated carbocycles. The van der Waals surface area contributed by atoms with Gasteiger partial charge in [-0.3, -0.25) is 19.9 Å². The van der Waals surface area contributed by atoms with Crippen LogP contribution in [0.2, 0.25) is 0 Å². The molecule has 0 spiro atoms. The van der Waals surface area contributed by atoms with Crippen molar-refractivity contribution in [2.75, 3.05) is 45.9 Å². The van der Waals surface area contributed by atoms with Gasteiger partial charge in [0.15, 0.2) is 0 Å². The summed E-state index contributed by atoms with van der Waals surface area (Å²) >= 11 is 0. The zero-order valence-corrected chi connectivity index (χ0v) is 16.9. The van der Waals surface area contributed by atoms with Gasteiger partial charge in [0.2, 0.25) is 5.91 Å². The highest BCUT2D eigenvalue weighted by molar-refractivity contribution is 5.95. The number of nitrogens with zero attached hydrogens (tertiary/aromatic N) is 2. The molecular formula is C20H36N4O3. The van der Waals surface area contributed by atoms with E-state index in [1.54, 1.807) is 0 Å². The van der Waals surface area contributed by atoms with Crippen LogP contribution >= 0.6 is 0 Å². The summed E-state index contributed by atoms with van der Waals surface area (Å²) in [6.45, 7) is 10.2. The molecule has 154 valence electrons. The molecule has 0 aromatic carbocycles. The molecule has 2 aliphatic heterocycles. The Bertz CT molecular complexity index is 501. The second-order valence-corrected chi connectivity index (χ2v) is 8.61. The van der Waals surface area contributed by atoms with Crippen LogP contribution in [0.4, 0.5) is 4.79 Å². The SMILES string of the molecule is CC1CCCC(NC(=O)NC(=O)CN2CCN(CC3CCCO3)CC2)C1C. The summed E-state index contributed by atoms with van der Waals surface area (Å²) in [7, 11) is 0. The number of ether oxygens (including phenoxy) is 1. The van der Waals surface area contributed by atoms with Crippen LogP contribution in [0.1, 0.15) is 46.0 Å². The topological polar surface area (TPSA) is 73.9 Å². The van der Waals surface area contributed by atoms with Crippen LogP contribution < -0.4 is 10.6 Å². The third-order valence-corrected chi connectivity index (χ3v) is 6.59. The Morgan fingerprint density at radius 3 is 2.44 bits per heavy atom. The summed E-state index contributed by atoms with van der Waals surface area (Å²) in [6.07, 6.45) is 6.08. The fourth-order valence-corrected chi connectivity index (χ4v) is 4.57. The number of nitrogens with one attached hydrogen (secondary N) is 2. The van der Waals surface area contributed by atoms with E-state index in [1.807, 2.05) is 0 Å². The van der Waals surface area contributed by atoms with E-state index >= 15 is 0 Å². The fourth-order valence-electron chi connectivity index (χ4n) is 4.57. The molecule has 3 aliphatic rings. The summed E-state index contributed by atoms with van der Waals surface area (Å²) in [4.78, 5) is 28.9. The molecule has 2 N–H and O–H groups in total. The fraction of sp³-hybridized carbons (Fsp3) is 0.900. The second kappa shape index (κ2) is 9.85. The largest absolute Gasteiger partial charge is 0.377 e. The van der Waals surface area contributed by atoms with Gasteiger partial charge in [0, 0.05) is 45.4 Å². The van der Waals surface area contributed by atoms with Crippen LogP contribution in [0.15, 0.2) is 0 Å². The molecule has 4 unspecified atom stereocenters. The van der Waals surface area contributed by atoms with Gasteiger partial charge >= 0.3 is 6.03 Å². The van der Waals surface area contributed by atoms with E-state index in [0.29, 0.717) is 17.9 Å². The highest BCUT2D eigenvalue weighted by atomic mass is 16.5. The first kappa shape index (κ1) is 20.6. The molecule has 0 aromatic rings. The molecule has 3 amide bonds. The van der Waals surface area contributed by atoms with Crippen molar-refractivity contribution in [1.82, 2.24) is 20.4 Å². The average molecular weight is 381 g/mol. The zero-order chi connectivity index (χ0) is 19.2. The van der Waals surface area contributed by atoms with Crippen molar-refractivity contribution in [1.29, 1.82) is 0 Å². The zero-order valence-electron chi connectivity index (χ0n) is 16.9. The average Bonchev–Trinajstić information content (AvgIpc) is 3.13. The number of hydrogen-bond acceptors (Lipinski definition) is 5. The van der Waals surface area contributed by atoms with E-state index in [-0.39, 0.29) is 24.5 Å². The number of hydrogen-bond donors (Lipinski definition) is 2. The number of urea groups is 1. The Morgan fingerprint density at radius 1 is 1.00 bits per heavy atom. The Labute approximate surface area is 163 Å². The van der Waals surface area contributed by atoms with Gasteiger partial charge in [0.05, 0.1) is 12.6 Å². The highest BCUT2D eigenvalue weighted by Crippen LogP contribution is 2.29. The van der Waals surface area contributed by atoms with Gasteiger partial charge in [-0.15, -0.1) is 0 Å². The highest BCUT2D eigenvalue weighted by Gasteiger charge is 2.29. The molecular weight excluding hydrogens is 344 g/mol. The first-order valence-corrected chi connectivity index (χ1v) is 10.7. The van der Waals surface area contributed by atoms with Crippen LogP contribution in [0.3, 0.4) is 0 Å². The molecule has 7 heteroatoms. The Kier molecular flexibility index (Phi) is 7.49. The number of amides is 3. The lowest BCUT2D eigenvalue weighted by atomic mass is 9.78. The van der Waals surface area contributed by atoms with Gasteiger partial charge < -0.3 is 10.1 Å². The third kappa shape index (κ3) is 6.16. The first-order valence-electron chi connectivity index (χ1n) is 10.7. The van der Waals surface area contributed by atoms with Crippen molar-refractivity contribution < 1.29 is 14.3 Å². The van der Waals surface area contributed by atoms with Crippen LogP contribution in [0.5, 0.6) is 0 Å². The van der Waals surface area contributed by atoms with Crippen LogP contribution in [-0.4, -0.2) is 79.8 Å². The van der Waals surface area contributed by atoms with Crippen molar-refractivity contribution in [3.05, 3.63) is 0 Å². The molecule has 0 radical (unpaired) electrons. The van der Waals surface area contributed by atoms with Gasteiger partial charge in [-0.1, -0.05) is 26.7 Å². The van der Waals surface area contributed by atoms with E-state index in [2.05, 4.69) is 34.3 Å². The molecule has 3 fully saturated rings. The van der Waals surface area contributed by atoms with Crippen LogP contribution in [-0.2, 0) is 9.53 Å². The number of carbonyl (C=O) groups excluding carboxylic acids is 2. The molecule has 0 bridgehead atoms. The number of rotatable bonds is 5. The standard InChI is InChI=1S/C20H36N4O3/c1-15-5-3-7-18(16(15)2)21-20(26)22-19(25)14-24-10-8-23(9-11-24)13-17-6-4-12-27-17/h15-18H,3-14H2,1-2H3,(H2,21,22,25,26). The van der Waals surface area contributed by atoms with E-state index in [0.717, 1.165) is 58.6 Å². The van der Waals surface area contributed by atoms with Crippen molar-refractivity contribution >= 4 is 11.9 Å². The summed E-state index contributed by atoms with van der Waals surface area (Å²) < 4.78 is 5.70. The lowest BCUT2D eigenvalue weighted by molar-refractivity contribution is -0.121. The summed E-state index contributed by atoms with van der Waals surface area (Å²) in [5.41, 5.74) is 0. The minimum atomic E-state index is -0.344. The van der Waals surface area contributed by atoms with Crippen molar-refractivity contribution in [2.45, 2.75) is 58.1 Å². The smallest absolute Gasteiger partial charge is 0.321 e. The maximum absolute atomic E-state index is 12.2. The Hall–Kier alpha value is -1.18. The van der Waals surface area contributed by atoms with E-state index < -0.39 is 0 Å². The number of carbonyl (C=O) groups is 2. The molecule has 27 heavy (non-hydrogen) atoms. The van der Waals surface area contributed by atoms with Gasteiger partial charge in [-0.25, -0.2) is 4.79 Å². The second-order valence-electron chi connectivity index (χ2n) is 8.61. The normalized spacial score (nSPS) is 33.0. The number of piperazine rings is 1. The molecule has 4 atom stereocenters. The summed E-state index contributed by atoms with van der Waals surface area (Å²) in [6, 6.07) is -0.175. The van der Waals surface area contributed by atoms with Crippen molar-refractivity contribution in [3.8, 4) is 0 Å². The van der Waals surface area contributed by atoms with Crippen molar-refractivity contribution in [2.24, 2.45) is 11.8 Å². The molecule has 7 nitrogen and oxygen atoms in total. The quantitative estimate of drug-likeness (QED) is 0.755. The molecule has 0 aromatic heterocycles. The minimum absolute atomic E-state index is 0.169. The van der Waals surface area contributed by atoms with Gasteiger partial charge in [0.25, 0.3) is 0 Å². The summed E-state index contributed by atoms with van der Waals surface area (Å²) in [5.74, 6) is 0.860. The lowest BCUT2D eigenvalue weighted by Crippen LogP contribution is -2.53. The molecule has 2 saturated heterocycles. The minimum Gasteiger partial charge on any atom is -0.377 e. The Morgan fingerprint density at radius 2 is 1.74 bits per heavy atom. The molecule has 2 heterocycles. The maximum atomic E-state index is 12.2. The summed E-state index contributed by atoms with van der Waals surface area (Å²) in [5, 5.41) is 5.52. The van der Waals surface area contributed by atoms with Crippen LogP contribution in [0.25, 0.3) is 0 Å². The number of imide groups is 1. The lowest BCUT2D eigenvalue weighted by Gasteiger charge is -2.35. The Balaban J connectivity index is 1.32. The van der Waals surface area contributed by atoms with Gasteiger partial charge in [-0.2, -0.15) is 0 Å². The van der Waals surface area contributed by atoms with Gasteiger partial charge in [-0.05, 0) is 31.1 Å². The predicted octanol–water partition coefficient (Wildman–Crippen LogP) is 1.43. The predicted molar refractivity (Wildman–Crippen MR) is 104 cm³/mol. The molecule has 3 rings (SSSR count). The van der Waals surface area contributed by atoms with Crippen LogP contribution in [0, 0.1) is 11.8 Å². The third-order valence-electron chi connectivity index (χ3n) is 6.59. The van der Waals surface area contributed by atoms with Crippen molar-refractivity contribution in [3.63, 3.8) is 0 Å². The van der Waals surface area contributed by atoms with E-state index in [1.165, 1.54) is 12.8 Å². The van der Waals surface area contributed by atoms with Gasteiger partial charge in [0.1, 0.15) is 0 Å². The van der Waals surface area contributed by atoms with E-state index in [9.17, 15) is 9.59 Å².